The lowest BCUT2D eigenvalue weighted by atomic mass is 9.67. The fourth-order valence-electron chi connectivity index (χ4n) is 9.80. The van der Waals surface area contributed by atoms with E-state index in [1.54, 1.807) is 6.20 Å². The van der Waals surface area contributed by atoms with E-state index in [1.165, 1.54) is 58.2 Å². The van der Waals surface area contributed by atoms with Gasteiger partial charge in [-0.05, 0) is 110 Å². The molecule has 0 radical (unpaired) electrons. The molecule has 0 unspecified atom stereocenters. The summed E-state index contributed by atoms with van der Waals surface area (Å²) in [7, 11) is 0. The Balaban J connectivity index is 0.913. The Morgan fingerprint density at radius 1 is 0.403 bits per heavy atom. The topological polar surface area (TPSA) is 75.3 Å². The second-order valence-electron chi connectivity index (χ2n) is 16.5. The van der Waals surface area contributed by atoms with Gasteiger partial charge in [0.2, 0.25) is 0 Å². The second-order valence-corrected chi connectivity index (χ2v) is 16.5. The van der Waals surface area contributed by atoms with Gasteiger partial charge in [0.15, 0.2) is 17.5 Å². The van der Waals surface area contributed by atoms with E-state index >= 15 is 0 Å². The van der Waals surface area contributed by atoms with Crippen molar-refractivity contribution < 1.29 is 0 Å². The molecule has 9 aromatic rings. The van der Waals surface area contributed by atoms with Crippen LogP contribution in [-0.2, 0) is 5.41 Å². The van der Waals surface area contributed by atoms with Crippen molar-refractivity contribution in [1.29, 1.82) is 5.26 Å². The van der Waals surface area contributed by atoms with Gasteiger partial charge in [-0.1, -0.05) is 165 Å². The molecule has 1 fully saturated rings. The number of rotatable bonds is 7. The number of aromatic nitrogens is 4. The first kappa shape index (κ1) is 37.2. The molecular formula is C57H41N5. The summed E-state index contributed by atoms with van der Waals surface area (Å²) in [6, 6.07) is 64.3. The van der Waals surface area contributed by atoms with Crippen LogP contribution in [0.25, 0.3) is 89.8 Å². The fraction of sp³-hybridized carbons (Fsp3) is 0.105. The number of nitrogens with zero attached hydrogens (tertiary/aromatic N) is 5. The number of pyridine rings is 1. The molecule has 2 aliphatic rings. The Kier molecular flexibility index (Phi) is 9.40. The Bertz CT molecular complexity index is 3140. The average molecular weight is 796 g/mol. The predicted molar refractivity (Wildman–Crippen MR) is 250 cm³/mol. The minimum absolute atomic E-state index is 0.0172. The standard InChI is InChI=1S/C57H41N5/c58-36-38-20-29-50-52(33-38)57(30-5-2-6-31-57)51-19-9-18-49(53(50)51)47-16-8-15-46(35-47)45-14-7-13-44(34-45)39-21-25-42(26-22-39)55-60-54(41-11-3-1-4-12-41)61-56(62-55)43-27-23-40(24-28-43)48-17-10-32-59-37-48/h1,3-4,7-29,32-35,37H,2,5-6,30-31H2. The molecule has 1 spiro atoms. The van der Waals surface area contributed by atoms with Gasteiger partial charge >= 0.3 is 0 Å². The van der Waals surface area contributed by atoms with Crippen LogP contribution < -0.4 is 0 Å². The monoisotopic (exact) mass is 795 g/mol. The highest BCUT2D eigenvalue weighted by Crippen LogP contribution is 2.58. The largest absolute Gasteiger partial charge is 0.264 e. The molecule has 2 heterocycles. The van der Waals surface area contributed by atoms with Crippen LogP contribution in [0.1, 0.15) is 48.8 Å². The molecule has 0 N–H and O–H groups in total. The Hall–Kier alpha value is -7.81. The summed E-state index contributed by atoms with van der Waals surface area (Å²) in [4.78, 5) is 19.2. The normalized spacial score (nSPS) is 13.6. The van der Waals surface area contributed by atoms with E-state index in [4.69, 9.17) is 15.0 Å². The van der Waals surface area contributed by atoms with Crippen LogP contribution in [0.3, 0.4) is 0 Å². The van der Waals surface area contributed by atoms with Crippen LogP contribution in [0, 0.1) is 11.3 Å². The summed E-state index contributed by atoms with van der Waals surface area (Å²) < 4.78 is 0. The maximum absolute atomic E-state index is 9.86. The summed E-state index contributed by atoms with van der Waals surface area (Å²) in [5.41, 5.74) is 18.1. The average Bonchev–Trinajstić information content (AvgIpc) is 3.62. The van der Waals surface area contributed by atoms with Crippen molar-refractivity contribution in [2.24, 2.45) is 0 Å². The maximum atomic E-state index is 9.86. The molecule has 5 nitrogen and oxygen atoms in total. The van der Waals surface area contributed by atoms with Gasteiger partial charge in [-0.3, -0.25) is 4.98 Å². The molecule has 0 atom stereocenters. The van der Waals surface area contributed by atoms with Crippen molar-refractivity contribution in [3.63, 3.8) is 0 Å². The Morgan fingerprint density at radius 3 is 1.56 bits per heavy atom. The Labute approximate surface area is 362 Å². The number of fused-ring (bicyclic) bond motifs is 5. The van der Waals surface area contributed by atoms with Crippen molar-refractivity contribution in [3.05, 3.63) is 205 Å². The Morgan fingerprint density at radius 2 is 0.935 bits per heavy atom. The minimum Gasteiger partial charge on any atom is -0.264 e. The van der Waals surface area contributed by atoms with Gasteiger partial charge in [-0.25, -0.2) is 15.0 Å². The van der Waals surface area contributed by atoms with Crippen LogP contribution >= 0.6 is 0 Å². The fourth-order valence-corrected chi connectivity index (χ4v) is 9.80. The zero-order chi connectivity index (χ0) is 41.5. The van der Waals surface area contributed by atoms with E-state index in [0.29, 0.717) is 17.5 Å². The highest BCUT2D eigenvalue weighted by Gasteiger charge is 2.44. The third-order valence-corrected chi connectivity index (χ3v) is 12.9. The highest BCUT2D eigenvalue weighted by molar-refractivity contribution is 5.94. The molecule has 0 amide bonds. The van der Waals surface area contributed by atoms with Crippen LogP contribution in [0.4, 0.5) is 0 Å². The predicted octanol–water partition coefficient (Wildman–Crippen LogP) is 14.0. The van der Waals surface area contributed by atoms with E-state index in [0.717, 1.165) is 62.9 Å². The van der Waals surface area contributed by atoms with Gasteiger partial charge in [0.1, 0.15) is 0 Å². The molecule has 62 heavy (non-hydrogen) atoms. The molecule has 2 aliphatic carbocycles. The van der Waals surface area contributed by atoms with Gasteiger partial charge in [0.25, 0.3) is 0 Å². The summed E-state index contributed by atoms with van der Waals surface area (Å²) in [6.45, 7) is 0. The third-order valence-electron chi connectivity index (χ3n) is 12.9. The maximum Gasteiger partial charge on any atom is 0.164 e. The first-order valence-electron chi connectivity index (χ1n) is 21.5. The number of hydrogen-bond donors (Lipinski definition) is 0. The molecule has 11 rings (SSSR count). The van der Waals surface area contributed by atoms with Crippen molar-refractivity contribution in [2.75, 3.05) is 0 Å². The summed E-state index contributed by atoms with van der Waals surface area (Å²) >= 11 is 0. The van der Waals surface area contributed by atoms with Gasteiger partial charge in [0, 0.05) is 34.5 Å². The van der Waals surface area contributed by atoms with Crippen molar-refractivity contribution >= 4 is 0 Å². The van der Waals surface area contributed by atoms with Crippen LogP contribution in [0.15, 0.2) is 188 Å². The minimum atomic E-state index is -0.0172. The van der Waals surface area contributed by atoms with Gasteiger partial charge in [-0.2, -0.15) is 5.26 Å². The molecular weight excluding hydrogens is 755 g/mol. The van der Waals surface area contributed by atoms with Crippen molar-refractivity contribution in [2.45, 2.75) is 37.5 Å². The van der Waals surface area contributed by atoms with Gasteiger partial charge < -0.3 is 0 Å². The molecule has 0 bridgehead atoms. The zero-order valence-corrected chi connectivity index (χ0v) is 34.2. The highest BCUT2D eigenvalue weighted by atomic mass is 15.0. The van der Waals surface area contributed by atoms with Crippen LogP contribution in [0.5, 0.6) is 0 Å². The smallest absolute Gasteiger partial charge is 0.164 e. The van der Waals surface area contributed by atoms with E-state index in [-0.39, 0.29) is 5.41 Å². The van der Waals surface area contributed by atoms with Crippen LogP contribution in [0.2, 0.25) is 0 Å². The lowest BCUT2D eigenvalue weighted by Crippen LogP contribution is -2.28. The lowest BCUT2D eigenvalue weighted by Gasteiger charge is -2.36. The molecule has 1 saturated carbocycles. The third kappa shape index (κ3) is 6.67. The number of nitriles is 1. The molecule has 0 aliphatic heterocycles. The molecule has 7 aromatic carbocycles. The zero-order valence-electron chi connectivity index (χ0n) is 34.2. The first-order chi connectivity index (χ1) is 30.6. The molecule has 294 valence electrons. The summed E-state index contributed by atoms with van der Waals surface area (Å²) in [5.74, 6) is 1.88. The SMILES string of the molecule is N#Cc1ccc2c(c1)C1(CCCCC1)c1cccc(-c3cccc(-c4cccc(-c5ccc(-c6nc(-c7ccccc7)nc(-c7ccc(-c8cccnc8)cc7)n6)cc5)c4)c3)c1-2. The summed E-state index contributed by atoms with van der Waals surface area (Å²) in [6.07, 6.45) is 9.62. The summed E-state index contributed by atoms with van der Waals surface area (Å²) in [5, 5.41) is 9.86. The quantitative estimate of drug-likeness (QED) is 0.161. The number of hydrogen-bond acceptors (Lipinski definition) is 5. The lowest BCUT2D eigenvalue weighted by molar-refractivity contribution is 0.353. The van der Waals surface area contributed by atoms with E-state index in [2.05, 4.69) is 145 Å². The molecule has 2 aromatic heterocycles. The number of benzene rings is 7. The van der Waals surface area contributed by atoms with E-state index in [9.17, 15) is 5.26 Å². The van der Waals surface area contributed by atoms with Crippen molar-refractivity contribution in [3.8, 4) is 95.9 Å². The first-order valence-corrected chi connectivity index (χ1v) is 21.5. The van der Waals surface area contributed by atoms with Gasteiger partial charge in [-0.15, -0.1) is 0 Å². The van der Waals surface area contributed by atoms with Gasteiger partial charge in [0.05, 0.1) is 11.6 Å². The second kappa shape index (κ2) is 15.7. The molecule has 5 heteroatoms. The van der Waals surface area contributed by atoms with Crippen molar-refractivity contribution in [1.82, 2.24) is 19.9 Å². The van der Waals surface area contributed by atoms with E-state index < -0.39 is 0 Å². The molecule has 0 saturated heterocycles. The van der Waals surface area contributed by atoms with E-state index in [1.807, 2.05) is 48.7 Å². The van der Waals surface area contributed by atoms with Crippen LogP contribution in [-0.4, -0.2) is 19.9 Å².